The van der Waals surface area contributed by atoms with E-state index in [0.717, 1.165) is 5.76 Å². The topological polar surface area (TPSA) is 42.2 Å². The third kappa shape index (κ3) is 2.27. The first-order valence-corrected chi connectivity index (χ1v) is 4.18. The summed E-state index contributed by atoms with van der Waals surface area (Å²) in [6.07, 6.45) is 0. The van der Waals surface area contributed by atoms with Crippen molar-refractivity contribution in [3.63, 3.8) is 0 Å². The Morgan fingerprint density at radius 2 is 2.42 bits per heavy atom. The highest BCUT2D eigenvalue weighted by molar-refractivity contribution is 6.18. The molecule has 4 heteroatoms. The first-order chi connectivity index (χ1) is 5.74. The average molecular weight is 188 g/mol. The summed E-state index contributed by atoms with van der Waals surface area (Å²) < 4.78 is 5.09. The molecule has 0 aliphatic heterocycles. The van der Waals surface area contributed by atoms with Crippen molar-refractivity contribution < 1.29 is 9.21 Å². The number of furan rings is 1. The lowest BCUT2D eigenvalue weighted by atomic mass is 10.4. The molecule has 0 fully saturated rings. The number of nitrogens with one attached hydrogen (secondary N) is 1. The Kier molecular flexibility index (Phi) is 3.17. The van der Waals surface area contributed by atoms with Gasteiger partial charge >= 0.3 is 0 Å². The van der Waals surface area contributed by atoms with Crippen LogP contribution in [-0.2, 0) is 0 Å². The zero-order valence-electron chi connectivity index (χ0n) is 6.76. The molecule has 0 aliphatic carbocycles. The lowest BCUT2D eigenvalue weighted by Gasteiger charge is -1.97. The van der Waals surface area contributed by atoms with Gasteiger partial charge in [-0.25, -0.2) is 0 Å². The van der Waals surface area contributed by atoms with Gasteiger partial charge in [0, 0.05) is 12.4 Å². The summed E-state index contributed by atoms with van der Waals surface area (Å²) in [5, 5.41) is 2.60. The quantitative estimate of drug-likeness (QED) is 0.730. The van der Waals surface area contributed by atoms with Crippen LogP contribution >= 0.6 is 11.6 Å². The Balaban J connectivity index is 2.53. The van der Waals surface area contributed by atoms with Crippen LogP contribution in [0.4, 0.5) is 0 Å². The van der Waals surface area contributed by atoms with Gasteiger partial charge in [0.05, 0.1) is 0 Å². The minimum Gasteiger partial charge on any atom is -0.456 e. The monoisotopic (exact) mass is 187 g/mol. The Labute approximate surface area is 75.7 Å². The van der Waals surface area contributed by atoms with Crippen LogP contribution in [0.3, 0.4) is 0 Å². The number of amides is 1. The van der Waals surface area contributed by atoms with Gasteiger partial charge in [-0.1, -0.05) is 0 Å². The second-order valence-electron chi connectivity index (χ2n) is 2.36. The van der Waals surface area contributed by atoms with Crippen LogP contribution in [0.25, 0.3) is 0 Å². The summed E-state index contributed by atoms with van der Waals surface area (Å²) >= 11 is 5.39. The van der Waals surface area contributed by atoms with E-state index in [1.54, 1.807) is 19.1 Å². The molecule has 66 valence electrons. The second kappa shape index (κ2) is 4.16. The van der Waals surface area contributed by atoms with Gasteiger partial charge in [0.1, 0.15) is 5.76 Å². The fourth-order valence-electron chi connectivity index (χ4n) is 0.804. The maximum Gasteiger partial charge on any atom is 0.287 e. The Bertz CT molecular complexity index is 270. The standard InChI is InChI=1S/C8H10ClNO2/c1-6-2-3-7(12-6)8(11)10-5-4-9/h2-3H,4-5H2,1H3,(H,10,11). The van der Waals surface area contributed by atoms with Crippen molar-refractivity contribution in [2.24, 2.45) is 0 Å². The molecule has 3 nitrogen and oxygen atoms in total. The normalized spacial score (nSPS) is 9.83. The number of carbonyl (C=O) groups excluding carboxylic acids is 1. The first-order valence-electron chi connectivity index (χ1n) is 3.64. The fourth-order valence-corrected chi connectivity index (χ4v) is 0.899. The van der Waals surface area contributed by atoms with Crippen molar-refractivity contribution >= 4 is 17.5 Å². The molecule has 1 N–H and O–H groups in total. The summed E-state index contributed by atoms with van der Waals surface area (Å²) in [5.74, 6) is 1.25. The zero-order valence-corrected chi connectivity index (χ0v) is 7.52. The smallest absolute Gasteiger partial charge is 0.287 e. The number of aryl methyl sites for hydroxylation is 1. The molecule has 0 bridgehead atoms. The third-order valence-electron chi connectivity index (χ3n) is 1.34. The first kappa shape index (κ1) is 9.13. The average Bonchev–Trinajstić information content (AvgIpc) is 2.47. The molecule has 0 saturated heterocycles. The number of hydrogen-bond donors (Lipinski definition) is 1. The van der Waals surface area contributed by atoms with Gasteiger partial charge < -0.3 is 9.73 Å². The van der Waals surface area contributed by atoms with E-state index in [1.807, 2.05) is 0 Å². The highest BCUT2D eigenvalue weighted by atomic mass is 35.5. The maximum atomic E-state index is 11.2. The minimum absolute atomic E-state index is 0.219. The van der Waals surface area contributed by atoms with Crippen LogP contribution in [-0.4, -0.2) is 18.3 Å². The molecule has 1 rings (SSSR count). The third-order valence-corrected chi connectivity index (χ3v) is 1.53. The van der Waals surface area contributed by atoms with E-state index < -0.39 is 0 Å². The highest BCUT2D eigenvalue weighted by Gasteiger charge is 2.07. The Morgan fingerprint density at radius 1 is 1.67 bits per heavy atom. The lowest BCUT2D eigenvalue weighted by Crippen LogP contribution is -2.24. The van der Waals surface area contributed by atoms with Crippen LogP contribution in [0, 0.1) is 6.92 Å². The Morgan fingerprint density at radius 3 is 2.92 bits per heavy atom. The van der Waals surface area contributed by atoms with Gasteiger partial charge in [-0.3, -0.25) is 4.79 Å². The second-order valence-corrected chi connectivity index (χ2v) is 2.73. The van der Waals surface area contributed by atoms with Crippen LogP contribution < -0.4 is 5.32 Å². The van der Waals surface area contributed by atoms with Gasteiger partial charge in [0.2, 0.25) is 0 Å². The number of hydrogen-bond acceptors (Lipinski definition) is 2. The molecular weight excluding hydrogens is 178 g/mol. The summed E-state index contributed by atoms with van der Waals surface area (Å²) in [6.45, 7) is 2.25. The van der Waals surface area contributed by atoms with Crippen molar-refractivity contribution in [1.29, 1.82) is 0 Å². The van der Waals surface area contributed by atoms with Gasteiger partial charge in [0.15, 0.2) is 5.76 Å². The molecule has 12 heavy (non-hydrogen) atoms. The fraction of sp³-hybridized carbons (Fsp3) is 0.375. The van der Waals surface area contributed by atoms with Crippen molar-refractivity contribution in [2.75, 3.05) is 12.4 Å². The van der Waals surface area contributed by atoms with E-state index in [2.05, 4.69) is 5.32 Å². The number of carbonyl (C=O) groups is 1. The summed E-state index contributed by atoms with van der Waals surface area (Å²) in [7, 11) is 0. The van der Waals surface area contributed by atoms with Crippen LogP contribution in [0.15, 0.2) is 16.5 Å². The summed E-state index contributed by atoms with van der Waals surface area (Å²) in [6, 6.07) is 3.38. The van der Waals surface area contributed by atoms with Gasteiger partial charge in [-0.2, -0.15) is 0 Å². The molecule has 0 aliphatic rings. The maximum absolute atomic E-state index is 11.2. The van der Waals surface area contributed by atoms with Crippen LogP contribution in [0.5, 0.6) is 0 Å². The highest BCUT2D eigenvalue weighted by Crippen LogP contribution is 2.05. The van der Waals surface area contributed by atoms with E-state index in [-0.39, 0.29) is 5.91 Å². The van der Waals surface area contributed by atoms with Crippen LogP contribution in [0.2, 0.25) is 0 Å². The number of alkyl halides is 1. The molecule has 0 radical (unpaired) electrons. The molecule has 0 spiro atoms. The van der Waals surface area contributed by atoms with Gasteiger partial charge in [-0.05, 0) is 19.1 Å². The van der Waals surface area contributed by atoms with Crippen molar-refractivity contribution in [1.82, 2.24) is 5.32 Å². The summed E-state index contributed by atoms with van der Waals surface area (Å²) in [5.41, 5.74) is 0. The SMILES string of the molecule is Cc1ccc(C(=O)NCCCl)o1. The van der Waals surface area contributed by atoms with Gasteiger partial charge in [-0.15, -0.1) is 11.6 Å². The van der Waals surface area contributed by atoms with E-state index in [9.17, 15) is 4.79 Å². The number of rotatable bonds is 3. The lowest BCUT2D eigenvalue weighted by molar-refractivity contribution is 0.0927. The Hall–Kier alpha value is -0.960. The van der Waals surface area contributed by atoms with E-state index in [0.29, 0.717) is 18.2 Å². The largest absolute Gasteiger partial charge is 0.456 e. The van der Waals surface area contributed by atoms with Crippen molar-refractivity contribution in [3.8, 4) is 0 Å². The van der Waals surface area contributed by atoms with Gasteiger partial charge in [0.25, 0.3) is 5.91 Å². The zero-order chi connectivity index (χ0) is 8.97. The van der Waals surface area contributed by atoms with Crippen LogP contribution in [0.1, 0.15) is 16.3 Å². The minimum atomic E-state index is -0.219. The number of halogens is 1. The molecule has 0 saturated carbocycles. The molecule has 0 aromatic carbocycles. The van der Waals surface area contributed by atoms with Crippen molar-refractivity contribution in [2.45, 2.75) is 6.92 Å². The molecule has 1 amide bonds. The predicted molar refractivity (Wildman–Crippen MR) is 46.5 cm³/mol. The molecule has 1 heterocycles. The molecule has 0 unspecified atom stereocenters. The van der Waals surface area contributed by atoms with E-state index >= 15 is 0 Å². The van der Waals surface area contributed by atoms with E-state index in [1.165, 1.54) is 0 Å². The van der Waals surface area contributed by atoms with Crippen molar-refractivity contribution in [3.05, 3.63) is 23.7 Å². The molecule has 1 aromatic rings. The molecular formula is C8H10ClNO2. The molecule has 0 atom stereocenters. The van der Waals surface area contributed by atoms with E-state index in [4.69, 9.17) is 16.0 Å². The summed E-state index contributed by atoms with van der Waals surface area (Å²) in [4.78, 5) is 11.2. The predicted octanol–water partition coefficient (Wildman–Crippen LogP) is 1.56. The molecule has 1 aromatic heterocycles.